The van der Waals surface area contributed by atoms with Gasteiger partial charge in [-0.05, 0) is 42.5 Å². The van der Waals surface area contributed by atoms with Crippen LogP contribution >= 0.6 is 11.6 Å². The van der Waals surface area contributed by atoms with Gasteiger partial charge in [0, 0.05) is 23.5 Å². The minimum absolute atomic E-state index is 0.0448. The molecule has 0 aliphatic heterocycles. The highest BCUT2D eigenvalue weighted by Crippen LogP contribution is 2.27. The molecule has 3 aromatic rings. The standard InChI is InChI=1S/C19H14ClF2N3O2/c1-27-17-5-3-13(10-14(17)20)24-19(26)11-6-7-23-18(8-11)25-16-4-2-12(21)9-15(16)22/h2-10H,1H3,(H,23,25)(H,24,26). The van der Waals surface area contributed by atoms with E-state index >= 15 is 0 Å². The molecule has 138 valence electrons. The van der Waals surface area contributed by atoms with Crippen LogP contribution in [-0.2, 0) is 0 Å². The quantitative estimate of drug-likeness (QED) is 0.643. The molecule has 8 heteroatoms. The number of carbonyl (C=O) groups excluding carboxylic acids is 1. The average Bonchev–Trinajstić information content (AvgIpc) is 2.64. The fourth-order valence-corrected chi connectivity index (χ4v) is 2.57. The van der Waals surface area contributed by atoms with Crippen LogP contribution in [0.15, 0.2) is 54.7 Å². The van der Waals surface area contributed by atoms with Crippen LogP contribution in [-0.4, -0.2) is 18.0 Å². The van der Waals surface area contributed by atoms with Crippen molar-refractivity contribution in [3.8, 4) is 5.75 Å². The van der Waals surface area contributed by atoms with Gasteiger partial charge in [0.2, 0.25) is 0 Å². The summed E-state index contributed by atoms with van der Waals surface area (Å²) >= 11 is 6.04. The Bertz CT molecular complexity index is 998. The van der Waals surface area contributed by atoms with E-state index in [2.05, 4.69) is 15.6 Å². The molecule has 0 saturated heterocycles. The van der Waals surface area contributed by atoms with Crippen LogP contribution in [0.1, 0.15) is 10.4 Å². The minimum atomic E-state index is -0.764. The number of anilines is 3. The zero-order valence-corrected chi connectivity index (χ0v) is 14.8. The SMILES string of the molecule is COc1ccc(NC(=O)c2ccnc(Nc3ccc(F)cc3F)c2)cc1Cl. The van der Waals surface area contributed by atoms with Gasteiger partial charge >= 0.3 is 0 Å². The van der Waals surface area contributed by atoms with E-state index in [1.807, 2.05) is 0 Å². The zero-order chi connectivity index (χ0) is 19.4. The van der Waals surface area contributed by atoms with E-state index in [1.165, 1.54) is 31.5 Å². The summed E-state index contributed by atoms with van der Waals surface area (Å²) in [5.41, 5.74) is 0.826. The molecule has 1 amide bonds. The van der Waals surface area contributed by atoms with Gasteiger partial charge < -0.3 is 15.4 Å². The zero-order valence-electron chi connectivity index (χ0n) is 14.1. The molecule has 0 fully saturated rings. The van der Waals surface area contributed by atoms with E-state index < -0.39 is 17.5 Å². The van der Waals surface area contributed by atoms with E-state index in [9.17, 15) is 13.6 Å². The summed E-state index contributed by atoms with van der Waals surface area (Å²) in [7, 11) is 1.49. The van der Waals surface area contributed by atoms with Gasteiger partial charge in [0.05, 0.1) is 17.8 Å². The summed E-state index contributed by atoms with van der Waals surface area (Å²) in [5.74, 6) is -1.12. The molecule has 1 heterocycles. The lowest BCUT2D eigenvalue weighted by Gasteiger charge is -2.10. The van der Waals surface area contributed by atoms with Crippen LogP contribution in [0.5, 0.6) is 5.75 Å². The third-order valence-corrected chi connectivity index (χ3v) is 3.92. The first-order valence-electron chi connectivity index (χ1n) is 7.79. The number of aromatic nitrogens is 1. The maximum Gasteiger partial charge on any atom is 0.255 e. The summed E-state index contributed by atoms with van der Waals surface area (Å²) in [6, 6.07) is 10.9. The Labute approximate surface area is 159 Å². The topological polar surface area (TPSA) is 63.2 Å². The Balaban J connectivity index is 1.76. The van der Waals surface area contributed by atoms with E-state index in [-0.39, 0.29) is 11.5 Å². The van der Waals surface area contributed by atoms with E-state index in [0.29, 0.717) is 22.0 Å². The summed E-state index contributed by atoms with van der Waals surface area (Å²) < 4.78 is 31.8. The Morgan fingerprint density at radius 3 is 2.63 bits per heavy atom. The van der Waals surface area contributed by atoms with Crippen molar-refractivity contribution in [2.24, 2.45) is 0 Å². The molecule has 0 aliphatic rings. The molecular weight excluding hydrogens is 376 g/mol. The summed E-state index contributed by atoms with van der Waals surface area (Å²) in [5, 5.41) is 5.77. The number of nitrogens with one attached hydrogen (secondary N) is 2. The Hall–Kier alpha value is -3.19. The first-order chi connectivity index (χ1) is 13.0. The molecule has 0 atom stereocenters. The van der Waals surface area contributed by atoms with E-state index in [0.717, 1.165) is 12.1 Å². The van der Waals surface area contributed by atoms with E-state index in [4.69, 9.17) is 16.3 Å². The molecule has 27 heavy (non-hydrogen) atoms. The molecule has 3 rings (SSSR count). The van der Waals surface area contributed by atoms with Gasteiger partial charge in [0.15, 0.2) is 0 Å². The second kappa shape index (κ2) is 8.01. The van der Waals surface area contributed by atoms with Gasteiger partial charge in [-0.15, -0.1) is 0 Å². The number of amides is 1. The number of hydrogen-bond acceptors (Lipinski definition) is 4. The van der Waals surface area contributed by atoms with Crippen molar-refractivity contribution in [2.75, 3.05) is 17.7 Å². The number of hydrogen-bond donors (Lipinski definition) is 2. The van der Waals surface area contributed by atoms with Crippen molar-refractivity contribution < 1.29 is 18.3 Å². The molecule has 0 aliphatic carbocycles. The van der Waals surface area contributed by atoms with Crippen LogP contribution < -0.4 is 15.4 Å². The van der Waals surface area contributed by atoms with Gasteiger partial charge in [-0.2, -0.15) is 0 Å². The number of carbonyl (C=O) groups is 1. The highest BCUT2D eigenvalue weighted by molar-refractivity contribution is 6.32. The Morgan fingerprint density at radius 1 is 1.11 bits per heavy atom. The minimum Gasteiger partial charge on any atom is -0.495 e. The second-order valence-corrected chi connectivity index (χ2v) is 5.89. The van der Waals surface area contributed by atoms with Crippen molar-refractivity contribution in [3.63, 3.8) is 0 Å². The van der Waals surface area contributed by atoms with Crippen molar-refractivity contribution in [1.82, 2.24) is 4.98 Å². The molecular formula is C19H14ClF2N3O2. The van der Waals surface area contributed by atoms with Crippen LogP contribution in [0.2, 0.25) is 5.02 Å². The fraction of sp³-hybridized carbons (Fsp3) is 0.0526. The number of nitrogens with zero attached hydrogens (tertiary/aromatic N) is 1. The van der Waals surface area contributed by atoms with Gasteiger partial charge in [-0.1, -0.05) is 11.6 Å². The van der Waals surface area contributed by atoms with Crippen molar-refractivity contribution in [2.45, 2.75) is 0 Å². The molecule has 0 saturated carbocycles. The summed E-state index contributed by atoms with van der Waals surface area (Å²) in [6.45, 7) is 0. The van der Waals surface area contributed by atoms with Crippen LogP contribution in [0.4, 0.5) is 26.0 Å². The molecule has 5 nitrogen and oxygen atoms in total. The number of ether oxygens (including phenoxy) is 1. The van der Waals surface area contributed by atoms with E-state index in [1.54, 1.807) is 18.2 Å². The van der Waals surface area contributed by atoms with Gasteiger partial charge in [0.1, 0.15) is 23.2 Å². The highest BCUT2D eigenvalue weighted by atomic mass is 35.5. The molecule has 0 spiro atoms. The monoisotopic (exact) mass is 389 g/mol. The second-order valence-electron chi connectivity index (χ2n) is 5.48. The number of benzene rings is 2. The van der Waals surface area contributed by atoms with Crippen LogP contribution in [0, 0.1) is 11.6 Å². The van der Waals surface area contributed by atoms with Gasteiger partial charge in [-0.3, -0.25) is 4.79 Å². The smallest absolute Gasteiger partial charge is 0.255 e. The molecule has 1 aromatic heterocycles. The normalized spacial score (nSPS) is 10.4. The fourth-order valence-electron chi connectivity index (χ4n) is 2.32. The third-order valence-electron chi connectivity index (χ3n) is 3.63. The number of rotatable bonds is 5. The highest BCUT2D eigenvalue weighted by Gasteiger charge is 2.11. The van der Waals surface area contributed by atoms with Crippen molar-refractivity contribution in [3.05, 3.63) is 76.9 Å². The predicted molar refractivity (Wildman–Crippen MR) is 99.8 cm³/mol. The third kappa shape index (κ3) is 4.51. The lowest BCUT2D eigenvalue weighted by atomic mass is 10.2. The first kappa shape index (κ1) is 18.6. The summed E-state index contributed by atoms with van der Waals surface area (Å²) in [4.78, 5) is 16.5. The van der Waals surface area contributed by atoms with Gasteiger partial charge in [-0.25, -0.2) is 13.8 Å². The Kier molecular flexibility index (Phi) is 5.52. The maximum atomic E-state index is 13.8. The Morgan fingerprint density at radius 2 is 1.93 bits per heavy atom. The molecule has 2 N–H and O–H groups in total. The van der Waals surface area contributed by atoms with Crippen molar-refractivity contribution >= 4 is 34.7 Å². The lowest BCUT2D eigenvalue weighted by molar-refractivity contribution is 0.102. The first-order valence-corrected chi connectivity index (χ1v) is 8.17. The van der Waals surface area contributed by atoms with Crippen LogP contribution in [0.3, 0.4) is 0 Å². The number of methoxy groups -OCH3 is 1. The molecule has 0 unspecified atom stereocenters. The molecule has 2 aromatic carbocycles. The molecule has 0 bridgehead atoms. The number of halogens is 3. The van der Waals surface area contributed by atoms with Gasteiger partial charge in [0.25, 0.3) is 5.91 Å². The average molecular weight is 390 g/mol. The summed E-state index contributed by atoms with van der Waals surface area (Å²) in [6.07, 6.45) is 1.40. The molecule has 0 radical (unpaired) electrons. The largest absolute Gasteiger partial charge is 0.495 e. The predicted octanol–water partition coefficient (Wildman–Crippen LogP) is 5.02. The van der Waals surface area contributed by atoms with Crippen molar-refractivity contribution in [1.29, 1.82) is 0 Å². The number of pyridine rings is 1. The van der Waals surface area contributed by atoms with Crippen LogP contribution in [0.25, 0.3) is 0 Å². The maximum absolute atomic E-state index is 13.8. The lowest BCUT2D eigenvalue weighted by Crippen LogP contribution is -2.12.